The van der Waals surface area contributed by atoms with Gasteiger partial charge in [-0.2, -0.15) is 0 Å². The number of carbonyl (C=O) groups is 2. The molecule has 0 aromatic rings. The van der Waals surface area contributed by atoms with Gasteiger partial charge < -0.3 is 14.7 Å². The normalized spacial score (nSPS) is 24.4. The highest BCUT2D eigenvalue weighted by atomic mass is 16.5. The molecule has 2 atom stereocenters. The summed E-state index contributed by atoms with van der Waals surface area (Å²) in [6.45, 7) is 6.20. The molecule has 0 saturated carbocycles. The topological polar surface area (TPSA) is 66.8 Å². The zero-order valence-corrected chi connectivity index (χ0v) is 10.1. The number of carboxylic acids is 1. The van der Waals surface area contributed by atoms with E-state index >= 15 is 0 Å². The summed E-state index contributed by atoms with van der Waals surface area (Å²) < 4.78 is 5.09. The number of hydrogen-bond donors (Lipinski definition) is 1. The highest BCUT2D eigenvalue weighted by Gasteiger charge is 2.35. The number of ether oxygens (including phenoxy) is 1. The van der Waals surface area contributed by atoms with Crippen LogP contribution in [0.1, 0.15) is 19.8 Å². The fourth-order valence-corrected chi connectivity index (χ4v) is 2.14. The number of hydrogen-bond acceptors (Lipinski definition) is 3. The summed E-state index contributed by atoms with van der Waals surface area (Å²) in [4.78, 5) is 24.4. The first-order valence-electron chi connectivity index (χ1n) is 5.78. The van der Waals surface area contributed by atoms with Crippen molar-refractivity contribution in [2.45, 2.75) is 25.8 Å². The second kappa shape index (κ2) is 6.39. The summed E-state index contributed by atoms with van der Waals surface area (Å²) in [5.41, 5.74) is 0. The molecule has 1 heterocycles. The van der Waals surface area contributed by atoms with Gasteiger partial charge in [-0.05, 0) is 19.8 Å². The van der Waals surface area contributed by atoms with Crippen LogP contribution in [0, 0.1) is 5.92 Å². The first-order chi connectivity index (χ1) is 8.07. The molecular formula is C12H19NO4. The molecule has 0 aromatic heterocycles. The Hall–Kier alpha value is -1.36. The number of carboxylic acid groups (broad SMARTS) is 1. The van der Waals surface area contributed by atoms with Crippen LogP contribution in [0.25, 0.3) is 0 Å². The molecule has 0 bridgehead atoms. The van der Waals surface area contributed by atoms with Gasteiger partial charge in [0.05, 0.1) is 12.5 Å². The second-order valence-corrected chi connectivity index (χ2v) is 4.22. The third kappa shape index (κ3) is 3.56. The highest BCUT2D eigenvalue weighted by molar-refractivity contribution is 5.79. The van der Waals surface area contributed by atoms with Crippen LogP contribution < -0.4 is 0 Å². The van der Waals surface area contributed by atoms with Crippen LogP contribution in [0.4, 0.5) is 0 Å². The van der Waals surface area contributed by atoms with E-state index in [0.29, 0.717) is 19.6 Å². The van der Waals surface area contributed by atoms with Gasteiger partial charge in [0.1, 0.15) is 6.61 Å². The number of likely N-dealkylation sites (tertiary alicyclic amines) is 1. The molecule has 0 aliphatic carbocycles. The van der Waals surface area contributed by atoms with Crippen molar-refractivity contribution in [2.75, 3.05) is 19.8 Å². The first kappa shape index (κ1) is 13.7. The van der Waals surface area contributed by atoms with E-state index in [1.165, 1.54) is 0 Å². The highest BCUT2D eigenvalue weighted by Crippen LogP contribution is 2.23. The van der Waals surface area contributed by atoms with E-state index in [0.717, 1.165) is 6.42 Å². The van der Waals surface area contributed by atoms with Crippen LogP contribution in [0.3, 0.4) is 0 Å². The maximum absolute atomic E-state index is 11.8. The van der Waals surface area contributed by atoms with Gasteiger partial charge in [0.2, 0.25) is 5.91 Å². The molecule has 1 fully saturated rings. The molecule has 0 spiro atoms. The van der Waals surface area contributed by atoms with Crippen LogP contribution in [-0.2, 0) is 14.3 Å². The predicted octanol–water partition coefficient (Wildman–Crippen LogP) is 0.901. The molecule has 1 aliphatic heterocycles. The Bertz CT molecular complexity index is 303. The molecule has 5 nitrogen and oxygen atoms in total. The van der Waals surface area contributed by atoms with Crippen molar-refractivity contribution in [3.63, 3.8) is 0 Å². The molecule has 0 unspecified atom stereocenters. The van der Waals surface area contributed by atoms with Gasteiger partial charge in [0.25, 0.3) is 0 Å². The summed E-state index contributed by atoms with van der Waals surface area (Å²) in [5, 5.41) is 9.04. The zero-order valence-electron chi connectivity index (χ0n) is 10.1. The summed E-state index contributed by atoms with van der Waals surface area (Å²) >= 11 is 0. The number of aliphatic carboxylic acids is 1. The molecule has 5 heteroatoms. The Labute approximate surface area is 101 Å². The molecule has 0 aromatic carbocycles. The molecule has 1 saturated heterocycles. The quantitative estimate of drug-likeness (QED) is 0.573. The molecule has 1 N–H and O–H groups in total. The summed E-state index contributed by atoms with van der Waals surface area (Å²) in [5.74, 6) is -1.44. The molecule has 1 aliphatic rings. The Morgan fingerprint density at radius 3 is 2.88 bits per heavy atom. The van der Waals surface area contributed by atoms with E-state index in [1.807, 2.05) is 0 Å². The van der Waals surface area contributed by atoms with Gasteiger partial charge in [-0.15, -0.1) is 6.58 Å². The molecule has 1 rings (SSSR count). The van der Waals surface area contributed by atoms with Crippen molar-refractivity contribution in [3.8, 4) is 0 Å². The van der Waals surface area contributed by atoms with Gasteiger partial charge in [0.15, 0.2) is 0 Å². The number of carbonyl (C=O) groups excluding carboxylic acids is 1. The summed E-state index contributed by atoms with van der Waals surface area (Å²) in [6.07, 6.45) is 2.94. The standard InChI is InChI=1S/C12H19NO4/c1-3-7-17-8-11(14)13-6-4-5-10(9(13)2)12(15)16/h3,9-10H,1,4-8H2,2H3,(H,15,16)/t9-,10-/m1/s1. The third-order valence-electron chi connectivity index (χ3n) is 3.09. The lowest BCUT2D eigenvalue weighted by Crippen LogP contribution is -2.50. The van der Waals surface area contributed by atoms with Gasteiger partial charge >= 0.3 is 5.97 Å². The van der Waals surface area contributed by atoms with Crippen molar-refractivity contribution in [1.29, 1.82) is 0 Å². The van der Waals surface area contributed by atoms with E-state index in [1.54, 1.807) is 17.9 Å². The van der Waals surface area contributed by atoms with Crippen molar-refractivity contribution in [1.82, 2.24) is 4.90 Å². The SMILES string of the molecule is C=CCOCC(=O)N1CCC[C@@H](C(=O)O)[C@H]1C. The van der Waals surface area contributed by atoms with Crippen molar-refractivity contribution >= 4 is 11.9 Å². The van der Waals surface area contributed by atoms with Gasteiger partial charge in [-0.3, -0.25) is 9.59 Å². The number of piperidine rings is 1. The van der Waals surface area contributed by atoms with Crippen LogP contribution >= 0.6 is 0 Å². The van der Waals surface area contributed by atoms with Crippen LogP contribution in [0.5, 0.6) is 0 Å². The summed E-state index contributed by atoms with van der Waals surface area (Å²) in [7, 11) is 0. The molecule has 1 amide bonds. The lowest BCUT2D eigenvalue weighted by Gasteiger charge is -2.37. The fourth-order valence-electron chi connectivity index (χ4n) is 2.14. The minimum atomic E-state index is -0.831. The minimum absolute atomic E-state index is 0.0112. The largest absolute Gasteiger partial charge is 0.481 e. The third-order valence-corrected chi connectivity index (χ3v) is 3.09. The lowest BCUT2D eigenvalue weighted by atomic mass is 9.90. The number of amides is 1. The average Bonchev–Trinajstić information content (AvgIpc) is 2.29. The first-order valence-corrected chi connectivity index (χ1v) is 5.78. The molecular weight excluding hydrogens is 222 g/mol. The summed E-state index contributed by atoms with van der Waals surface area (Å²) in [6, 6.07) is -0.263. The second-order valence-electron chi connectivity index (χ2n) is 4.22. The fraction of sp³-hybridized carbons (Fsp3) is 0.667. The van der Waals surface area contributed by atoms with E-state index < -0.39 is 11.9 Å². The molecule has 17 heavy (non-hydrogen) atoms. The van der Waals surface area contributed by atoms with E-state index in [-0.39, 0.29) is 18.6 Å². The van der Waals surface area contributed by atoms with Crippen LogP contribution in [-0.4, -0.2) is 47.7 Å². The maximum Gasteiger partial charge on any atom is 0.308 e. The lowest BCUT2D eigenvalue weighted by molar-refractivity contribution is -0.150. The Morgan fingerprint density at radius 2 is 2.29 bits per heavy atom. The Morgan fingerprint density at radius 1 is 1.59 bits per heavy atom. The van der Waals surface area contributed by atoms with Crippen LogP contribution in [0.2, 0.25) is 0 Å². The van der Waals surface area contributed by atoms with Gasteiger partial charge in [0, 0.05) is 12.6 Å². The van der Waals surface area contributed by atoms with Crippen molar-refractivity contribution in [3.05, 3.63) is 12.7 Å². The minimum Gasteiger partial charge on any atom is -0.481 e. The smallest absolute Gasteiger partial charge is 0.308 e. The number of nitrogens with zero attached hydrogens (tertiary/aromatic N) is 1. The van der Waals surface area contributed by atoms with E-state index in [4.69, 9.17) is 9.84 Å². The predicted molar refractivity (Wildman–Crippen MR) is 62.6 cm³/mol. The van der Waals surface area contributed by atoms with Gasteiger partial charge in [-0.25, -0.2) is 0 Å². The maximum atomic E-state index is 11.8. The average molecular weight is 241 g/mol. The molecule has 0 radical (unpaired) electrons. The van der Waals surface area contributed by atoms with E-state index in [9.17, 15) is 9.59 Å². The van der Waals surface area contributed by atoms with Crippen molar-refractivity contribution in [2.24, 2.45) is 5.92 Å². The monoisotopic (exact) mass is 241 g/mol. The molecule has 96 valence electrons. The van der Waals surface area contributed by atoms with Gasteiger partial charge in [-0.1, -0.05) is 6.08 Å². The number of rotatable bonds is 5. The van der Waals surface area contributed by atoms with E-state index in [2.05, 4.69) is 6.58 Å². The van der Waals surface area contributed by atoms with Crippen molar-refractivity contribution < 1.29 is 19.4 Å². The zero-order chi connectivity index (χ0) is 12.8. The Kier molecular flexibility index (Phi) is 5.15. The Balaban J connectivity index is 2.54. The van der Waals surface area contributed by atoms with Crippen LogP contribution in [0.15, 0.2) is 12.7 Å².